The number of ether oxygens (including phenoxy) is 1. The van der Waals surface area contributed by atoms with Gasteiger partial charge in [-0.2, -0.15) is 0 Å². The molecule has 0 amide bonds. The minimum atomic E-state index is 0.471. The van der Waals surface area contributed by atoms with Gasteiger partial charge in [-0.3, -0.25) is 0 Å². The molecule has 0 spiro atoms. The Balaban J connectivity index is 1.76. The lowest BCUT2D eigenvalue weighted by Gasteiger charge is -2.13. The van der Waals surface area contributed by atoms with Crippen molar-refractivity contribution in [1.82, 2.24) is 9.55 Å². The fraction of sp³-hybridized carbons (Fsp3) is 0.588. The number of benzene rings is 1. The third-order valence-electron chi connectivity index (χ3n) is 4.27. The van der Waals surface area contributed by atoms with E-state index in [4.69, 9.17) is 21.3 Å². The van der Waals surface area contributed by atoms with Crippen molar-refractivity contribution >= 4 is 22.6 Å². The normalized spacial score (nSPS) is 16.1. The highest BCUT2D eigenvalue weighted by Gasteiger charge is 2.16. The Morgan fingerprint density at radius 3 is 2.90 bits per heavy atom. The van der Waals surface area contributed by atoms with Crippen molar-refractivity contribution in [3.8, 4) is 0 Å². The summed E-state index contributed by atoms with van der Waals surface area (Å²) >= 11 is 5.92. The Kier molecular flexibility index (Phi) is 4.81. The molecule has 0 bridgehead atoms. The van der Waals surface area contributed by atoms with Gasteiger partial charge in [0.1, 0.15) is 5.82 Å². The van der Waals surface area contributed by atoms with E-state index in [1.54, 1.807) is 0 Å². The topological polar surface area (TPSA) is 27.1 Å². The molecule has 0 radical (unpaired) electrons. The Hall–Kier alpha value is -1.06. The molecule has 0 aliphatic heterocycles. The number of alkyl halides is 1. The van der Waals surface area contributed by atoms with Crippen molar-refractivity contribution in [2.45, 2.75) is 51.7 Å². The SMILES string of the molecule is Cc1ccc2c(c1)nc(CCCl)n2CCOC1CCCC1. The summed E-state index contributed by atoms with van der Waals surface area (Å²) in [6.45, 7) is 3.73. The molecule has 4 heteroatoms. The number of imidazole rings is 1. The van der Waals surface area contributed by atoms with Crippen molar-refractivity contribution in [1.29, 1.82) is 0 Å². The van der Waals surface area contributed by atoms with Gasteiger partial charge in [0.05, 0.1) is 23.7 Å². The van der Waals surface area contributed by atoms with E-state index in [9.17, 15) is 0 Å². The molecule has 0 saturated heterocycles. The predicted octanol–water partition coefficient (Wildman–Crippen LogP) is 4.09. The van der Waals surface area contributed by atoms with Crippen LogP contribution in [0.3, 0.4) is 0 Å². The zero-order valence-electron chi connectivity index (χ0n) is 12.6. The summed E-state index contributed by atoms with van der Waals surface area (Å²) in [7, 11) is 0. The fourth-order valence-corrected chi connectivity index (χ4v) is 3.35. The standard InChI is InChI=1S/C17H23ClN2O/c1-13-6-7-16-15(12-13)19-17(8-9-18)20(16)10-11-21-14-4-2-3-5-14/h6-7,12,14H,2-5,8-11H2,1H3. The van der Waals surface area contributed by atoms with Gasteiger partial charge in [-0.15, -0.1) is 11.6 Å². The van der Waals surface area contributed by atoms with Crippen LogP contribution in [0.2, 0.25) is 0 Å². The van der Waals surface area contributed by atoms with Crippen LogP contribution >= 0.6 is 11.6 Å². The Bertz CT molecular complexity index is 602. The van der Waals surface area contributed by atoms with Crippen molar-refractivity contribution in [3.05, 3.63) is 29.6 Å². The number of rotatable bonds is 6. The van der Waals surface area contributed by atoms with E-state index in [2.05, 4.69) is 29.7 Å². The van der Waals surface area contributed by atoms with E-state index in [1.165, 1.54) is 36.8 Å². The number of halogens is 1. The molecule has 3 nitrogen and oxygen atoms in total. The lowest BCUT2D eigenvalue weighted by atomic mass is 10.2. The second-order valence-electron chi connectivity index (χ2n) is 5.89. The van der Waals surface area contributed by atoms with E-state index in [0.29, 0.717) is 12.0 Å². The number of aromatic nitrogens is 2. The molecule has 1 aromatic carbocycles. The predicted molar refractivity (Wildman–Crippen MR) is 87.1 cm³/mol. The van der Waals surface area contributed by atoms with Crippen LogP contribution in [0, 0.1) is 6.92 Å². The first-order valence-corrected chi connectivity index (χ1v) is 8.44. The van der Waals surface area contributed by atoms with Crippen LogP contribution in [0.4, 0.5) is 0 Å². The first kappa shape index (κ1) is 14.9. The van der Waals surface area contributed by atoms with Gasteiger partial charge in [0.25, 0.3) is 0 Å². The van der Waals surface area contributed by atoms with Gasteiger partial charge >= 0.3 is 0 Å². The minimum Gasteiger partial charge on any atom is -0.376 e. The van der Waals surface area contributed by atoms with Gasteiger partial charge < -0.3 is 9.30 Å². The third-order valence-corrected chi connectivity index (χ3v) is 4.46. The van der Waals surface area contributed by atoms with E-state index >= 15 is 0 Å². The molecule has 21 heavy (non-hydrogen) atoms. The van der Waals surface area contributed by atoms with Crippen molar-refractivity contribution < 1.29 is 4.74 Å². The lowest BCUT2D eigenvalue weighted by Crippen LogP contribution is -2.15. The zero-order valence-corrected chi connectivity index (χ0v) is 13.4. The van der Waals surface area contributed by atoms with Crippen LogP contribution in [0.25, 0.3) is 11.0 Å². The maximum absolute atomic E-state index is 6.00. The van der Waals surface area contributed by atoms with E-state index < -0.39 is 0 Å². The van der Waals surface area contributed by atoms with Crippen molar-refractivity contribution in [3.63, 3.8) is 0 Å². The van der Waals surface area contributed by atoms with E-state index in [-0.39, 0.29) is 0 Å². The molecule has 1 fully saturated rings. The molecule has 3 rings (SSSR count). The Morgan fingerprint density at radius 2 is 2.14 bits per heavy atom. The van der Waals surface area contributed by atoms with Gasteiger partial charge in [-0.25, -0.2) is 4.98 Å². The third kappa shape index (κ3) is 3.41. The molecule has 0 N–H and O–H groups in total. The molecule has 0 atom stereocenters. The highest BCUT2D eigenvalue weighted by Crippen LogP contribution is 2.22. The summed E-state index contributed by atoms with van der Waals surface area (Å²) in [6.07, 6.45) is 6.35. The largest absolute Gasteiger partial charge is 0.376 e. The summed E-state index contributed by atoms with van der Waals surface area (Å²) in [5.41, 5.74) is 3.50. The molecule has 1 aliphatic carbocycles. The number of hydrogen-bond acceptors (Lipinski definition) is 2. The van der Waals surface area contributed by atoms with Gasteiger partial charge in [0.2, 0.25) is 0 Å². The fourth-order valence-electron chi connectivity index (χ4n) is 3.18. The number of hydrogen-bond donors (Lipinski definition) is 0. The minimum absolute atomic E-state index is 0.471. The average molecular weight is 307 g/mol. The molecule has 114 valence electrons. The molecule has 1 saturated carbocycles. The van der Waals surface area contributed by atoms with Gasteiger partial charge in [-0.05, 0) is 37.5 Å². The summed E-state index contributed by atoms with van der Waals surface area (Å²) in [5, 5.41) is 0. The van der Waals surface area contributed by atoms with Gasteiger partial charge in [0, 0.05) is 18.8 Å². The summed E-state index contributed by atoms with van der Waals surface area (Å²) in [4.78, 5) is 4.74. The van der Waals surface area contributed by atoms with E-state index in [0.717, 1.165) is 30.9 Å². The maximum atomic E-state index is 6.00. The highest BCUT2D eigenvalue weighted by molar-refractivity contribution is 6.17. The van der Waals surface area contributed by atoms with Crippen molar-refractivity contribution in [2.75, 3.05) is 12.5 Å². The van der Waals surface area contributed by atoms with E-state index in [1.807, 2.05) is 0 Å². The quantitative estimate of drug-likeness (QED) is 0.752. The smallest absolute Gasteiger partial charge is 0.111 e. The van der Waals surface area contributed by atoms with Gasteiger partial charge in [-0.1, -0.05) is 18.9 Å². The maximum Gasteiger partial charge on any atom is 0.111 e. The molecular formula is C17H23ClN2O. The van der Waals surface area contributed by atoms with Crippen molar-refractivity contribution in [2.24, 2.45) is 0 Å². The first-order chi connectivity index (χ1) is 10.3. The summed E-state index contributed by atoms with van der Waals surface area (Å²) in [5.74, 6) is 1.67. The Labute approximate surface area is 131 Å². The van der Waals surface area contributed by atoms with Crippen LogP contribution in [0.5, 0.6) is 0 Å². The molecule has 1 heterocycles. The van der Waals surface area contributed by atoms with Crippen LogP contribution in [-0.4, -0.2) is 28.1 Å². The molecule has 1 aromatic heterocycles. The lowest BCUT2D eigenvalue weighted by molar-refractivity contribution is 0.0531. The van der Waals surface area contributed by atoms with Gasteiger partial charge in [0.15, 0.2) is 0 Å². The highest BCUT2D eigenvalue weighted by atomic mass is 35.5. The Morgan fingerprint density at radius 1 is 1.33 bits per heavy atom. The average Bonchev–Trinajstić information content (AvgIpc) is 3.08. The van der Waals surface area contributed by atoms with Crippen LogP contribution in [0.15, 0.2) is 18.2 Å². The molecule has 0 unspecified atom stereocenters. The van der Waals surface area contributed by atoms with Crippen LogP contribution in [-0.2, 0) is 17.7 Å². The molecular weight excluding hydrogens is 284 g/mol. The number of aryl methyl sites for hydroxylation is 2. The molecule has 1 aliphatic rings. The monoisotopic (exact) mass is 306 g/mol. The van der Waals surface area contributed by atoms with Crippen LogP contribution < -0.4 is 0 Å². The van der Waals surface area contributed by atoms with Crippen LogP contribution in [0.1, 0.15) is 37.1 Å². The zero-order chi connectivity index (χ0) is 14.7. The summed E-state index contributed by atoms with van der Waals surface area (Å²) in [6, 6.07) is 6.44. The number of fused-ring (bicyclic) bond motifs is 1. The summed E-state index contributed by atoms with van der Waals surface area (Å²) < 4.78 is 8.27. The number of nitrogens with zero attached hydrogens (tertiary/aromatic N) is 2. The second kappa shape index (κ2) is 6.80. The first-order valence-electron chi connectivity index (χ1n) is 7.91. The second-order valence-corrected chi connectivity index (χ2v) is 6.27. The molecule has 2 aromatic rings.